The average molecular weight is 269 g/mol. The summed E-state index contributed by atoms with van der Waals surface area (Å²) in [5.41, 5.74) is 4.04. The molecule has 102 valence electrons. The Morgan fingerprint density at radius 3 is 2.68 bits per heavy atom. The number of nitrogens with one attached hydrogen (secondary N) is 1. The molecule has 1 aromatic rings. The maximum Gasteiger partial charge on any atom is 0.282 e. The molecule has 3 N–H and O–H groups in total. The SMILES string of the molecule is CC(CC(N)=O)NC(=O)c1cc(F)ccc1[N+](=O)[O-]. The molecule has 0 spiro atoms. The fourth-order valence-electron chi connectivity index (χ4n) is 1.50. The van der Waals surface area contributed by atoms with E-state index in [0.29, 0.717) is 0 Å². The van der Waals surface area contributed by atoms with Crippen molar-refractivity contribution in [2.24, 2.45) is 5.73 Å². The Morgan fingerprint density at radius 1 is 1.53 bits per heavy atom. The predicted octanol–water partition coefficient (Wildman–Crippen LogP) is 0.728. The molecule has 0 aliphatic heterocycles. The molecule has 1 rings (SSSR count). The molecule has 19 heavy (non-hydrogen) atoms. The van der Waals surface area contributed by atoms with Gasteiger partial charge in [0.1, 0.15) is 11.4 Å². The molecule has 0 aliphatic carbocycles. The number of carbonyl (C=O) groups is 2. The van der Waals surface area contributed by atoms with E-state index in [-0.39, 0.29) is 6.42 Å². The van der Waals surface area contributed by atoms with Crippen LogP contribution in [0.4, 0.5) is 10.1 Å². The molecule has 0 aromatic heterocycles. The van der Waals surface area contributed by atoms with Crippen LogP contribution < -0.4 is 11.1 Å². The largest absolute Gasteiger partial charge is 0.370 e. The molecule has 0 saturated carbocycles. The van der Waals surface area contributed by atoms with Gasteiger partial charge in [-0.15, -0.1) is 0 Å². The van der Waals surface area contributed by atoms with Crippen LogP contribution in [-0.4, -0.2) is 22.8 Å². The summed E-state index contributed by atoms with van der Waals surface area (Å²) in [7, 11) is 0. The second kappa shape index (κ2) is 5.89. The zero-order valence-electron chi connectivity index (χ0n) is 10.1. The number of nitrogens with zero attached hydrogens (tertiary/aromatic N) is 1. The third-order valence-electron chi connectivity index (χ3n) is 2.28. The van der Waals surface area contributed by atoms with Crippen molar-refractivity contribution in [3.63, 3.8) is 0 Å². The summed E-state index contributed by atoms with van der Waals surface area (Å²) in [6.07, 6.45) is -0.116. The van der Waals surface area contributed by atoms with Gasteiger partial charge in [0.25, 0.3) is 11.6 Å². The topological polar surface area (TPSA) is 115 Å². The zero-order chi connectivity index (χ0) is 14.6. The van der Waals surface area contributed by atoms with Gasteiger partial charge in [0.05, 0.1) is 4.92 Å². The van der Waals surface area contributed by atoms with Crippen molar-refractivity contribution in [1.82, 2.24) is 5.32 Å². The van der Waals surface area contributed by atoms with Gasteiger partial charge in [-0.1, -0.05) is 0 Å². The first-order valence-electron chi connectivity index (χ1n) is 5.34. The van der Waals surface area contributed by atoms with E-state index in [1.54, 1.807) is 0 Å². The lowest BCUT2D eigenvalue weighted by molar-refractivity contribution is -0.385. The average Bonchev–Trinajstić information content (AvgIpc) is 2.26. The normalized spacial score (nSPS) is 11.7. The van der Waals surface area contributed by atoms with Crippen molar-refractivity contribution < 1.29 is 18.9 Å². The molecule has 2 amide bonds. The number of carbonyl (C=O) groups excluding carboxylic acids is 2. The van der Waals surface area contributed by atoms with Gasteiger partial charge < -0.3 is 11.1 Å². The number of primary amides is 1. The van der Waals surface area contributed by atoms with Crippen LogP contribution in [-0.2, 0) is 4.79 Å². The number of hydrogen-bond donors (Lipinski definition) is 2. The second-order valence-electron chi connectivity index (χ2n) is 3.96. The van der Waals surface area contributed by atoms with Gasteiger partial charge in [-0.3, -0.25) is 19.7 Å². The minimum Gasteiger partial charge on any atom is -0.370 e. The number of nitrogens with two attached hydrogens (primary N) is 1. The van der Waals surface area contributed by atoms with Crippen molar-refractivity contribution in [2.75, 3.05) is 0 Å². The number of nitro benzene ring substituents is 1. The summed E-state index contributed by atoms with van der Waals surface area (Å²) in [5.74, 6) is -2.22. The molecule has 1 unspecified atom stereocenters. The van der Waals surface area contributed by atoms with Crippen molar-refractivity contribution in [1.29, 1.82) is 0 Å². The molecular formula is C11H12FN3O4. The smallest absolute Gasteiger partial charge is 0.282 e. The Labute approximate surface area is 107 Å². The number of rotatable bonds is 5. The van der Waals surface area contributed by atoms with Crippen molar-refractivity contribution in [2.45, 2.75) is 19.4 Å². The molecular weight excluding hydrogens is 257 g/mol. The molecule has 0 fully saturated rings. The molecule has 1 atom stereocenters. The van der Waals surface area contributed by atoms with Gasteiger partial charge in [-0.05, 0) is 19.1 Å². The van der Waals surface area contributed by atoms with Crippen molar-refractivity contribution >= 4 is 17.5 Å². The Morgan fingerprint density at radius 2 is 2.16 bits per heavy atom. The summed E-state index contributed by atoms with van der Waals surface area (Å²) in [5, 5.41) is 13.1. The first-order valence-corrected chi connectivity index (χ1v) is 5.34. The van der Waals surface area contributed by atoms with E-state index in [2.05, 4.69) is 5.32 Å². The molecule has 0 aliphatic rings. The van der Waals surface area contributed by atoms with E-state index in [1.807, 2.05) is 0 Å². The summed E-state index contributed by atoms with van der Waals surface area (Å²) in [6.45, 7) is 1.51. The van der Waals surface area contributed by atoms with Crippen molar-refractivity contribution in [3.05, 3.63) is 39.7 Å². The molecule has 1 aromatic carbocycles. The maximum absolute atomic E-state index is 13.0. The van der Waals surface area contributed by atoms with Crippen LogP contribution in [0.5, 0.6) is 0 Å². The van der Waals surface area contributed by atoms with Crippen LogP contribution in [0, 0.1) is 15.9 Å². The van der Waals surface area contributed by atoms with Crippen LogP contribution in [0.2, 0.25) is 0 Å². The Bertz CT molecular complexity index is 533. The summed E-state index contributed by atoms with van der Waals surface area (Å²) < 4.78 is 13.0. The number of benzene rings is 1. The lowest BCUT2D eigenvalue weighted by Crippen LogP contribution is -2.36. The highest BCUT2D eigenvalue weighted by molar-refractivity contribution is 5.98. The molecule has 0 radical (unpaired) electrons. The first-order chi connectivity index (χ1) is 8.81. The van der Waals surface area contributed by atoms with E-state index in [4.69, 9.17) is 5.73 Å². The monoisotopic (exact) mass is 269 g/mol. The quantitative estimate of drug-likeness (QED) is 0.605. The molecule has 0 bridgehead atoms. The Balaban J connectivity index is 2.95. The minimum atomic E-state index is -0.833. The number of amides is 2. The molecule has 0 saturated heterocycles. The van der Waals surface area contributed by atoms with Gasteiger partial charge in [0.2, 0.25) is 5.91 Å². The molecule has 7 nitrogen and oxygen atoms in total. The van der Waals surface area contributed by atoms with Crippen LogP contribution in [0.15, 0.2) is 18.2 Å². The van der Waals surface area contributed by atoms with Gasteiger partial charge in [-0.25, -0.2) is 4.39 Å². The number of nitro groups is 1. The Kier molecular flexibility index (Phi) is 4.51. The standard InChI is InChI=1S/C11H12FN3O4/c1-6(4-10(13)16)14-11(17)8-5-7(12)2-3-9(8)15(18)19/h2-3,5-6H,4H2,1H3,(H2,13,16)(H,14,17). The van der Waals surface area contributed by atoms with Crippen LogP contribution in [0.3, 0.4) is 0 Å². The minimum absolute atomic E-state index is 0.116. The van der Waals surface area contributed by atoms with E-state index in [1.165, 1.54) is 6.92 Å². The highest BCUT2D eigenvalue weighted by Crippen LogP contribution is 2.19. The fourth-order valence-corrected chi connectivity index (χ4v) is 1.50. The zero-order valence-corrected chi connectivity index (χ0v) is 10.1. The molecule has 0 heterocycles. The number of halogens is 1. The lowest BCUT2D eigenvalue weighted by Gasteiger charge is -2.12. The number of hydrogen-bond acceptors (Lipinski definition) is 4. The summed E-state index contributed by atoms with van der Waals surface area (Å²) in [4.78, 5) is 32.4. The second-order valence-corrected chi connectivity index (χ2v) is 3.96. The lowest BCUT2D eigenvalue weighted by atomic mass is 10.1. The summed E-state index contributed by atoms with van der Waals surface area (Å²) in [6, 6.07) is 1.96. The van der Waals surface area contributed by atoms with E-state index < -0.39 is 39.8 Å². The Hall–Kier alpha value is -2.51. The fraction of sp³-hybridized carbons (Fsp3) is 0.273. The third kappa shape index (κ3) is 4.02. The third-order valence-corrected chi connectivity index (χ3v) is 2.28. The first kappa shape index (κ1) is 14.6. The van der Waals surface area contributed by atoms with E-state index in [0.717, 1.165) is 18.2 Å². The van der Waals surface area contributed by atoms with Gasteiger partial charge in [-0.2, -0.15) is 0 Å². The van der Waals surface area contributed by atoms with Crippen LogP contribution in [0.25, 0.3) is 0 Å². The molecule has 8 heteroatoms. The summed E-state index contributed by atoms with van der Waals surface area (Å²) >= 11 is 0. The maximum atomic E-state index is 13.0. The van der Waals surface area contributed by atoms with E-state index >= 15 is 0 Å². The van der Waals surface area contributed by atoms with Gasteiger partial charge in [0, 0.05) is 18.5 Å². The van der Waals surface area contributed by atoms with Crippen LogP contribution in [0.1, 0.15) is 23.7 Å². The van der Waals surface area contributed by atoms with Gasteiger partial charge >= 0.3 is 0 Å². The predicted molar refractivity (Wildman–Crippen MR) is 63.8 cm³/mol. The highest BCUT2D eigenvalue weighted by atomic mass is 19.1. The van der Waals surface area contributed by atoms with Gasteiger partial charge in [0.15, 0.2) is 0 Å². The van der Waals surface area contributed by atoms with E-state index in [9.17, 15) is 24.1 Å². The van der Waals surface area contributed by atoms with Crippen molar-refractivity contribution in [3.8, 4) is 0 Å². The highest BCUT2D eigenvalue weighted by Gasteiger charge is 2.22. The van der Waals surface area contributed by atoms with Crippen LogP contribution >= 0.6 is 0 Å².